The molecule has 106 valence electrons. The zero-order chi connectivity index (χ0) is 14.4. The summed E-state index contributed by atoms with van der Waals surface area (Å²) in [5, 5.41) is 3.31. The highest BCUT2D eigenvalue weighted by atomic mass is 32.2. The Balaban J connectivity index is 2.60. The van der Waals surface area contributed by atoms with Crippen molar-refractivity contribution in [2.75, 3.05) is 31.0 Å². The normalized spacial score (nSPS) is 13.6. The summed E-state index contributed by atoms with van der Waals surface area (Å²) >= 11 is 0. The van der Waals surface area contributed by atoms with Gasteiger partial charge in [-0.3, -0.25) is 4.21 Å². The van der Waals surface area contributed by atoms with Crippen molar-refractivity contribution in [1.82, 2.24) is 0 Å². The number of rotatable bonds is 6. The third-order valence-corrected chi connectivity index (χ3v) is 4.27. The predicted molar refractivity (Wildman–Crippen MR) is 78.8 cm³/mol. The van der Waals surface area contributed by atoms with Crippen LogP contribution in [0.3, 0.4) is 0 Å². The van der Waals surface area contributed by atoms with Crippen LogP contribution >= 0.6 is 0 Å². The molecule has 0 fully saturated rings. The number of anilines is 2. The summed E-state index contributed by atoms with van der Waals surface area (Å²) in [6.45, 7) is 2.63. The van der Waals surface area contributed by atoms with Crippen molar-refractivity contribution in [1.29, 1.82) is 0 Å². The minimum atomic E-state index is -0.817. The molecule has 0 saturated heterocycles. The molecular formula is C13H20N2O3S. The molecule has 1 rings (SSSR count). The first kappa shape index (κ1) is 15.5. The molecule has 0 amide bonds. The molecule has 2 atom stereocenters. The molecule has 0 heterocycles. The molecule has 0 saturated carbocycles. The predicted octanol–water partition coefficient (Wildman–Crippen LogP) is 1.62. The fraction of sp³-hybridized carbons (Fsp3) is 0.462. The lowest BCUT2D eigenvalue weighted by Gasteiger charge is -2.12. The van der Waals surface area contributed by atoms with Crippen LogP contribution in [0.15, 0.2) is 18.2 Å². The van der Waals surface area contributed by atoms with Crippen LogP contribution in [-0.2, 0) is 15.5 Å². The number of nitrogen functional groups attached to an aromatic ring is 1. The van der Waals surface area contributed by atoms with Crippen LogP contribution < -0.4 is 11.1 Å². The summed E-state index contributed by atoms with van der Waals surface area (Å²) in [6, 6.07) is 4.98. The molecule has 19 heavy (non-hydrogen) atoms. The quantitative estimate of drug-likeness (QED) is 0.613. The van der Waals surface area contributed by atoms with Crippen molar-refractivity contribution in [2.45, 2.75) is 18.6 Å². The summed E-state index contributed by atoms with van der Waals surface area (Å²) in [7, 11) is 0.513. The van der Waals surface area contributed by atoms with Gasteiger partial charge in [0, 0.05) is 28.9 Å². The Kier molecular flexibility index (Phi) is 5.82. The van der Waals surface area contributed by atoms with Crippen LogP contribution in [0.2, 0.25) is 0 Å². The highest BCUT2D eigenvalue weighted by Gasteiger charge is 2.09. The molecule has 2 unspecified atom stereocenters. The Hall–Kier alpha value is -1.56. The van der Waals surface area contributed by atoms with Crippen molar-refractivity contribution in [3.05, 3.63) is 23.8 Å². The van der Waals surface area contributed by atoms with Gasteiger partial charge in [0.25, 0.3) is 0 Å². The Morgan fingerprint density at radius 2 is 2.21 bits per heavy atom. The molecule has 6 heteroatoms. The van der Waals surface area contributed by atoms with E-state index >= 15 is 0 Å². The lowest BCUT2D eigenvalue weighted by atomic mass is 10.1. The largest absolute Gasteiger partial charge is 0.465 e. The van der Waals surface area contributed by atoms with Gasteiger partial charge in [0.05, 0.1) is 24.0 Å². The number of ether oxygens (including phenoxy) is 1. The monoisotopic (exact) mass is 284 g/mol. The molecule has 0 aliphatic heterocycles. The van der Waals surface area contributed by atoms with Gasteiger partial charge < -0.3 is 15.8 Å². The molecule has 0 aliphatic carbocycles. The molecule has 0 aliphatic rings. The van der Waals surface area contributed by atoms with E-state index in [2.05, 4.69) is 10.1 Å². The topological polar surface area (TPSA) is 81.4 Å². The van der Waals surface area contributed by atoms with E-state index in [0.29, 0.717) is 17.8 Å². The zero-order valence-electron chi connectivity index (χ0n) is 11.4. The van der Waals surface area contributed by atoms with Crippen LogP contribution in [0.5, 0.6) is 0 Å². The second-order valence-corrected chi connectivity index (χ2v) is 6.12. The molecule has 0 aromatic heterocycles. The van der Waals surface area contributed by atoms with Gasteiger partial charge in [0.1, 0.15) is 0 Å². The molecule has 3 N–H and O–H groups in total. The van der Waals surface area contributed by atoms with E-state index in [4.69, 9.17) is 5.73 Å². The van der Waals surface area contributed by atoms with Crippen LogP contribution in [0.25, 0.3) is 0 Å². The van der Waals surface area contributed by atoms with Gasteiger partial charge in [0.15, 0.2) is 0 Å². The molecule has 1 aromatic carbocycles. The van der Waals surface area contributed by atoms with Gasteiger partial charge in [-0.05, 0) is 24.6 Å². The first-order valence-electron chi connectivity index (χ1n) is 5.99. The highest BCUT2D eigenvalue weighted by Crippen LogP contribution is 2.20. The van der Waals surface area contributed by atoms with Gasteiger partial charge in [0.2, 0.25) is 0 Å². The van der Waals surface area contributed by atoms with Crippen LogP contribution in [-0.4, -0.2) is 35.3 Å². The van der Waals surface area contributed by atoms with Crippen molar-refractivity contribution in [3.8, 4) is 0 Å². The zero-order valence-corrected chi connectivity index (χ0v) is 12.3. The van der Waals surface area contributed by atoms with Gasteiger partial charge in [-0.2, -0.15) is 0 Å². The summed E-state index contributed by atoms with van der Waals surface area (Å²) in [4.78, 5) is 11.3. The Morgan fingerprint density at radius 1 is 1.53 bits per heavy atom. The number of hydrogen-bond donors (Lipinski definition) is 2. The summed E-state index contributed by atoms with van der Waals surface area (Å²) in [5.41, 5.74) is 7.54. The molecular weight excluding hydrogens is 264 g/mol. The standard InChI is InChI=1S/C13H20N2O3S/c1-9(19(3)17)6-7-15-12-5-4-10(8-11(12)14)13(16)18-2/h4-5,8-9,15H,6-7,14H2,1-3H3. The molecule has 5 nitrogen and oxygen atoms in total. The summed E-state index contributed by atoms with van der Waals surface area (Å²) < 4.78 is 15.8. The van der Waals surface area contributed by atoms with Crippen LogP contribution in [0.4, 0.5) is 11.4 Å². The average molecular weight is 284 g/mol. The van der Waals surface area contributed by atoms with Gasteiger partial charge >= 0.3 is 5.97 Å². The van der Waals surface area contributed by atoms with E-state index in [1.165, 1.54) is 7.11 Å². The maximum Gasteiger partial charge on any atom is 0.337 e. The first-order chi connectivity index (χ1) is 8.95. The maximum absolute atomic E-state index is 11.3. The smallest absolute Gasteiger partial charge is 0.337 e. The second-order valence-electron chi connectivity index (χ2n) is 4.32. The van der Waals surface area contributed by atoms with E-state index in [1.807, 2.05) is 6.92 Å². The van der Waals surface area contributed by atoms with Crippen molar-refractivity contribution < 1.29 is 13.7 Å². The third-order valence-electron chi connectivity index (χ3n) is 2.91. The van der Waals surface area contributed by atoms with Crippen LogP contribution in [0, 0.1) is 0 Å². The fourth-order valence-electron chi connectivity index (χ4n) is 1.54. The first-order valence-corrected chi connectivity index (χ1v) is 7.61. The fourth-order valence-corrected chi connectivity index (χ4v) is 1.99. The van der Waals surface area contributed by atoms with E-state index in [1.54, 1.807) is 24.5 Å². The number of methoxy groups -OCH3 is 1. The van der Waals surface area contributed by atoms with E-state index < -0.39 is 16.8 Å². The van der Waals surface area contributed by atoms with Crippen molar-refractivity contribution in [3.63, 3.8) is 0 Å². The Bertz CT molecular complexity index is 477. The van der Waals surface area contributed by atoms with E-state index in [9.17, 15) is 9.00 Å². The molecule has 1 aromatic rings. The van der Waals surface area contributed by atoms with E-state index in [0.717, 1.165) is 12.1 Å². The Morgan fingerprint density at radius 3 is 2.74 bits per heavy atom. The van der Waals surface area contributed by atoms with E-state index in [-0.39, 0.29) is 5.25 Å². The number of carbonyl (C=O) groups is 1. The second kappa shape index (κ2) is 7.13. The van der Waals surface area contributed by atoms with Crippen LogP contribution in [0.1, 0.15) is 23.7 Å². The lowest BCUT2D eigenvalue weighted by Crippen LogP contribution is -2.15. The number of nitrogens with two attached hydrogens (primary N) is 1. The molecule has 0 bridgehead atoms. The number of benzene rings is 1. The lowest BCUT2D eigenvalue weighted by molar-refractivity contribution is 0.0601. The van der Waals surface area contributed by atoms with Crippen molar-refractivity contribution in [2.24, 2.45) is 0 Å². The third kappa shape index (κ3) is 4.55. The summed E-state index contributed by atoms with van der Waals surface area (Å²) in [6.07, 6.45) is 2.49. The minimum absolute atomic E-state index is 0.142. The number of carbonyl (C=O) groups excluding carboxylic acids is 1. The molecule has 0 radical (unpaired) electrons. The summed E-state index contributed by atoms with van der Waals surface area (Å²) in [5.74, 6) is -0.409. The minimum Gasteiger partial charge on any atom is -0.465 e. The van der Waals surface area contributed by atoms with Gasteiger partial charge in [-0.15, -0.1) is 0 Å². The Labute approximate surface area is 116 Å². The SMILES string of the molecule is COC(=O)c1ccc(NCCC(C)S(C)=O)c(N)c1. The number of hydrogen-bond acceptors (Lipinski definition) is 5. The van der Waals surface area contributed by atoms with Crippen molar-refractivity contribution >= 4 is 28.1 Å². The highest BCUT2D eigenvalue weighted by molar-refractivity contribution is 7.84. The maximum atomic E-state index is 11.3. The van der Waals surface area contributed by atoms with Gasteiger partial charge in [-0.25, -0.2) is 4.79 Å². The molecule has 0 spiro atoms. The number of esters is 1. The van der Waals surface area contributed by atoms with Gasteiger partial charge in [-0.1, -0.05) is 6.92 Å². The number of nitrogens with one attached hydrogen (secondary N) is 1. The average Bonchev–Trinajstić information content (AvgIpc) is 2.39.